The molecule has 11 heteroatoms. The van der Waals surface area contributed by atoms with Crippen molar-refractivity contribution < 1.29 is 19.8 Å². The maximum absolute atomic E-state index is 8.36. The molecule has 0 amide bonds. The number of aromatic amines is 1. The zero-order valence-electron chi connectivity index (χ0n) is 19.4. The molecule has 0 bridgehead atoms. The summed E-state index contributed by atoms with van der Waals surface area (Å²) in [7, 11) is 0. The van der Waals surface area contributed by atoms with Crippen molar-refractivity contribution in [2.75, 3.05) is 36.8 Å². The molecule has 1 aromatic carbocycles. The van der Waals surface area contributed by atoms with Gasteiger partial charge in [-0.25, -0.2) is 15.0 Å². The number of nitrogen functional groups attached to an aromatic ring is 1. The predicted octanol–water partition coefficient (Wildman–Crippen LogP) is 1.75. The van der Waals surface area contributed by atoms with E-state index < -0.39 is 0 Å². The van der Waals surface area contributed by atoms with Crippen molar-refractivity contribution in [1.82, 2.24) is 24.8 Å². The van der Waals surface area contributed by atoms with E-state index in [2.05, 4.69) is 60.1 Å². The average molecular weight is 482 g/mol. The first-order valence-corrected chi connectivity index (χ1v) is 11.2. The van der Waals surface area contributed by atoms with Gasteiger partial charge in [0.2, 0.25) is 0 Å². The summed E-state index contributed by atoms with van der Waals surface area (Å²) in [4.78, 5) is 37.7. The Labute approximate surface area is 203 Å². The summed E-state index contributed by atoms with van der Waals surface area (Å²) in [6.07, 6.45) is 7.55. The van der Waals surface area contributed by atoms with Gasteiger partial charge >= 0.3 is 0 Å². The van der Waals surface area contributed by atoms with Crippen molar-refractivity contribution >= 4 is 24.6 Å². The number of nitrogens with zero attached hydrogens (tertiary/aromatic N) is 5. The second-order valence-corrected chi connectivity index (χ2v) is 8.68. The lowest BCUT2D eigenvalue weighted by molar-refractivity contribution is -0.123. The summed E-state index contributed by atoms with van der Waals surface area (Å²) >= 11 is 0. The van der Waals surface area contributed by atoms with Gasteiger partial charge in [0.15, 0.2) is 0 Å². The van der Waals surface area contributed by atoms with Gasteiger partial charge in [0.25, 0.3) is 12.9 Å². The molecule has 3 aromatic rings. The average Bonchev–Trinajstić information content (AvgIpc) is 3.55. The van der Waals surface area contributed by atoms with Crippen molar-refractivity contribution in [1.29, 1.82) is 0 Å². The molecule has 2 aliphatic heterocycles. The minimum absolute atomic E-state index is 0.250. The van der Waals surface area contributed by atoms with Crippen LogP contribution in [-0.2, 0) is 22.6 Å². The van der Waals surface area contributed by atoms with Gasteiger partial charge < -0.3 is 25.8 Å². The van der Waals surface area contributed by atoms with Crippen LogP contribution >= 0.6 is 0 Å². The number of benzene rings is 1. The molecule has 11 nitrogen and oxygen atoms in total. The summed E-state index contributed by atoms with van der Waals surface area (Å²) in [6, 6.07) is 12.7. The molecule has 0 spiro atoms. The van der Waals surface area contributed by atoms with Gasteiger partial charge in [-0.05, 0) is 24.3 Å². The molecule has 2 atom stereocenters. The van der Waals surface area contributed by atoms with E-state index in [1.807, 2.05) is 12.3 Å². The first kappa shape index (κ1) is 25.6. The molecule has 2 aliphatic rings. The Morgan fingerprint density at radius 2 is 1.86 bits per heavy atom. The summed E-state index contributed by atoms with van der Waals surface area (Å²) in [5.74, 6) is 2.10. The predicted molar refractivity (Wildman–Crippen MR) is 131 cm³/mol. The van der Waals surface area contributed by atoms with Crippen molar-refractivity contribution in [2.45, 2.75) is 19.4 Å². The third kappa shape index (κ3) is 6.76. The number of carbonyl (C=O) groups is 2. The van der Waals surface area contributed by atoms with Crippen LogP contribution in [0.1, 0.15) is 17.7 Å². The van der Waals surface area contributed by atoms with Gasteiger partial charge in [0, 0.05) is 56.1 Å². The fourth-order valence-corrected chi connectivity index (χ4v) is 5.13. The van der Waals surface area contributed by atoms with Gasteiger partial charge in [-0.2, -0.15) is 0 Å². The summed E-state index contributed by atoms with van der Waals surface area (Å²) in [6.45, 7) is 4.67. The van der Waals surface area contributed by atoms with E-state index >= 15 is 0 Å². The largest absolute Gasteiger partial charge is 0.483 e. The Hall–Kier alpha value is -3.99. The van der Waals surface area contributed by atoms with Crippen LogP contribution in [0.25, 0.3) is 0 Å². The number of hydrogen-bond acceptors (Lipinski definition) is 8. The van der Waals surface area contributed by atoms with E-state index in [1.165, 1.54) is 17.7 Å². The highest BCUT2D eigenvalue weighted by molar-refractivity contribution is 5.47. The van der Waals surface area contributed by atoms with E-state index in [0.717, 1.165) is 45.0 Å². The monoisotopic (exact) mass is 481 g/mol. The van der Waals surface area contributed by atoms with Crippen LogP contribution in [0.2, 0.25) is 0 Å². The molecule has 2 aromatic heterocycles. The number of aryl methyl sites for hydroxylation is 1. The number of aromatic nitrogens is 4. The number of nitrogens with one attached hydrogen (secondary N) is 1. The summed E-state index contributed by atoms with van der Waals surface area (Å²) in [5, 5.41) is 13.8. The van der Waals surface area contributed by atoms with Crippen molar-refractivity contribution in [3.63, 3.8) is 0 Å². The fourth-order valence-electron chi connectivity index (χ4n) is 5.13. The number of anilines is 2. The van der Waals surface area contributed by atoms with Crippen molar-refractivity contribution in [3.05, 3.63) is 66.5 Å². The number of rotatable bonds is 6. The molecular formula is C24H31N7O4. The molecule has 5 N–H and O–H groups in total. The molecule has 186 valence electrons. The van der Waals surface area contributed by atoms with Crippen molar-refractivity contribution in [3.8, 4) is 0 Å². The number of H-pyrrole nitrogens is 1. The van der Waals surface area contributed by atoms with Crippen LogP contribution in [-0.4, -0.2) is 74.2 Å². The first-order chi connectivity index (χ1) is 17.0. The maximum atomic E-state index is 8.36. The zero-order chi connectivity index (χ0) is 25.1. The molecule has 0 saturated carbocycles. The molecule has 2 unspecified atom stereocenters. The van der Waals surface area contributed by atoms with Crippen LogP contribution in [0.5, 0.6) is 0 Å². The number of nitrogens with two attached hydrogens (primary N) is 1. The fraction of sp³-hybridized carbons (Fsp3) is 0.375. The third-order valence-corrected chi connectivity index (χ3v) is 6.53. The molecular weight excluding hydrogens is 450 g/mol. The minimum atomic E-state index is -0.250. The molecule has 0 radical (unpaired) electrons. The van der Waals surface area contributed by atoms with E-state index in [4.69, 9.17) is 25.5 Å². The lowest BCUT2D eigenvalue weighted by atomic mass is 9.76. The van der Waals surface area contributed by atoms with Gasteiger partial charge in [-0.1, -0.05) is 30.3 Å². The molecule has 35 heavy (non-hydrogen) atoms. The van der Waals surface area contributed by atoms with Crippen LogP contribution < -0.4 is 10.6 Å². The Balaban J connectivity index is 0.000000520. The maximum Gasteiger partial charge on any atom is 0.290 e. The Kier molecular flexibility index (Phi) is 9.13. The van der Waals surface area contributed by atoms with Crippen LogP contribution in [0, 0.1) is 11.3 Å². The SMILES string of the molecule is Nc1cc(N2CC3CN(Cc4cnc[nH]4)CC3(CCc3ccccc3)C2)ncn1.O=CO.O=CO. The smallest absolute Gasteiger partial charge is 0.290 e. The van der Waals surface area contributed by atoms with Gasteiger partial charge in [0.1, 0.15) is 18.0 Å². The topological polar surface area (TPSA) is 162 Å². The Morgan fingerprint density at radius 1 is 1.11 bits per heavy atom. The quantitative estimate of drug-likeness (QED) is 0.382. The van der Waals surface area contributed by atoms with Crippen LogP contribution in [0.15, 0.2) is 55.2 Å². The molecule has 0 aliphatic carbocycles. The highest BCUT2D eigenvalue weighted by Gasteiger charge is 2.52. The summed E-state index contributed by atoms with van der Waals surface area (Å²) < 4.78 is 0. The highest BCUT2D eigenvalue weighted by atomic mass is 16.3. The second kappa shape index (κ2) is 12.5. The number of fused-ring (bicyclic) bond motifs is 1. The van der Waals surface area contributed by atoms with Crippen LogP contribution in [0.4, 0.5) is 11.6 Å². The lowest BCUT2D eigenvalue weighted by Crippen LogP contribution is -2.35. The molecule has 2 fully saturated rings. The molecule has 5 rings (SSSR count). The molecule has 2 saturated heterocycles. The van der Waals surface area contributed by atoms with E-state index in [-0.39, 0.29) is 18.4 Å². The Bertz CT molecular complexity index is 1050. The first-order valence-electron chi connectivity index (χ1n) is 11.2. The third-order valence-electron chi connectivity index (χ3n) is 6.53. The van der Waals surface area contributed by atoms with Crippen LogP contribution in [0.3, 0.4) is 0 Å². The number of carboxylic acid groups (broad SMARTS) is 2. The van der Waals surface area contributed by atoms with E-state index in [0.29, 0.717) is 11.7 Å². The van der Waals surface area contributed by atoms with Gasteiger partial charge in [0.05, 0.1) is 6.33 Å². The number of imidazole rings is 1. The minimum Gasteiger partial charge on any atom is -0.483 e. The van der Waals surface area contributed by atoms with Crippen molar-refractivity contribution in [2.24, 2.45) is 11.3 Å². The van der Waals surface area contributed by atoms with E-state index in [9.17, 15) is 0 Å². The van der Waals surface area contributed by atoms with Gasteiger partial charge in [-0.3, -0.25) is 14.5 Å². The standard InChI is InChI=1S/C22H27N7.2CH2O2/c23-20-8-21(27-16-26-20)29-11-18-10-28(12-19-9-24-15-25-19)13-22(18,14-29)7-6-17-4-2-1-3-5-17;2*2-1-3/h1-5,8-9,15-16,18H,6-7,10-14H2,(H,24,25)(H2,23,26,27);2*1H,(H,2,3). The number of likely N-dealkylation sites (tertiary alicyclic amines) is 1. The highest BCUT2D eigenvalue weighted by Crippen LogP contribution is 2.47. The number of hydrogen-bond donors (Lipinski definition) is 4. The lowest BCUT2D eigenvalue weighted by Gasteiger charge is -2.30. The Morgan fingerprint density at radius 3 is 2.51 bits per heavy atom. The van der Waals surface area contributed by atoms with Gasteiger partial charge in [-0.15, -0.1) is 0 Å². The zero-order valence-corrected chi connectivity index (χ0v) is 19.4. The second-order valence-electron chi connectivity index (χ2n) is 8.68. The molecule has 4 heterocycles. The summed E-state index contributed by atoms with van der Waals surface area (Å²) in [5.41, 5.74) is 8.77. The normalized spacial score (nSPS) is 20.7. The van der Waals surface area contributed by atoms with E-state index in [1.54, 1.807) is 12.7 Å².